The van der Waals surface area contributed by atoms with Crippen molar-refractivity contribution in [1.82, 2.24) is 0 Å². The Bertz CT molecular complexity index is 336. The van der Waals surface area contributed by atoms with Crippen molar-refractivity contribution < 1.29 is 4.79 Å². The predicted octanol–water partition coefficient (Wildman–Crippen LogP) is 2.30. The number of fused-ring (bicyclic) bond motifs is 1. The third kappa shape index (κ3) is 1.83. The van der Waals surface area contributed by atoms with Crippen LogP contribution in [-0.2, 0) is 11.2 Å². The van der Waals surface area contributed by atoms with Crippen LogP contribution in [0.1, 0.15) is 17.5 Å². The highest BCUT2D eigenvalue weighted by Crippen LogP contribution is 2.25. The van der Waals surface area contributed by atoms with Crippen molar-refractivity contribution in [3.05, 3.63) is 29.3 Å². The number of amides is 1. The van der Waals surface area contributed by atoms with Crippen LogP contribution in [0.3, 0.4) is 0 Å². The van der Waals surface area contributed by atoms with Crippen LogP contribution >= 0.6 is 12.4 Å². The van der Waals surface area contributed by atoms with E-state index in [0.717, 1.165) is 17.7 Å². The number of carbonyl (C=O) groups is 1. The third-order valence-electron chi connectivity index (χ3n) is 2.24. The van der Waals surface area contributed by atoms with E-state index in [-0.39, 0.29) is 18.3 Å². The molecule has 1 aromatic carbocycles. The number of rotatable bonds is 0. The summed E-state index contributed by atoms with van der Waals surface area (Å²) in [5.41, 5.74) is 3.43. The zero-order chi connectivity index (χ0) is 8.55. The molecule has 1 aliphatic rings. The number of carbonyl (C=O) groups excluding carboxylic acids is 1. The van der Waals surface area contributed by atoms with Crippen molar-refractivity contribution in [3.8, 4) is 0 Å². The molecule has 13 heavy (non-hydrogen) atoms. The summed E-state index contributed by atoms with van der Waals surface area (Å²) in [4.78, 5) is 11.1. The van der Waals surface area contributed by atoms with Gasteiger partial charge in [-0.05, 0) is 24.5 Å². The molecule has 3 heteroatoms. The molecule has 2 rings (SSSR count). The molecular formula is C10H12ClNO. The first-order chi connectivity index (χ1) is 5.77. The third-order valence-corrected chi connectivity index (χ3v) is 2.24. The van der Waals surface area contributed by atoms with Gasteiger partial charge in [0, 0.05) is 12.1 Å². The predicted molar refractivity (Wildman–Crippen MR) is 55.4 cm³/mol. The lowest BCUT2D eigenvalue weighted by molar-refractivity contribution is -0.116. The van der Waals surface area contributed by atoms with Gasteiger partial charge in [-0.1, -0.05) is 18.2 Å². The second kappa shape index (κ2) is 3.79. The van der Waals surface area contributed by atoms with E-state index < -0.39 is 0 Å². The number of hydrogen-bond donors (Lipinski definition) is 1. The standard InChI is InChI=1S/C10H11NO.ClH/c1-7-3-2-4-8-5-6-9(12)11-10(7)8;/h2-4H,5-6H2,1H3,(H,11,12);1H. The van der Waals surface area contributed by atoms with Crippen LogP contribution in [0.25, 0.3) is 0 Å². The van der Waals surface area contributed by atoms with Gasteiger partial charge in [0.2, 0.25) is 5.91 Å². The molecule has 0 bridgehead atoms. The second-order valence-electron chi connectivity index (χ2n) is 3.16. The lowest BCUT2D eigenvalue weighted by Gasteiger charge is -2.18. The Kier molecular flexibility index (Phi) is 2.94. The molecule has 2 nitrogen and oxygen atoms in total. The highest BCUT2D eigenvalue weighted by atomic mass is 35.5. The van der Waals surface area contributed by atoms with Gasteiger partial charge in [0.25, 0.3) is 0 Å². The second-order valence-corrected chi connectivity index (χ2v) is 3.16. The zero-order valence-corrected chi connectivity index (χ0v) is 8.28. The van der Waals surface area contributed by atoms with E-state index in [9.17, 15) is 4.79 Å². The van der Waals surface area contributed by atoms with Crippen molar-refractivity contribution in [2.45, 2.75) is 19.8 Å². The molecule has 0 aliphatic carbocycles. The molecule has 0 spiro atoms. The zero-order valence-electron chi connectivity index (χ0n) is 7.46. The Morgan fingerprint density at radius 1 is 1.31 bits per heavy atom. The monoisotopic (exact) mass is 197 g/mol. The van der Waals surface area contributed by atoms with Crippen LogP contribution in [0.2, 0.25) is 0 Å². The summed E-state index contributed by atoms with van der Waals surface area (Å²) in [5.74, 6) is 0.136. The fourth-order valence-corrected chi connectivity index (χ4v) is 1.57. The molecular weight excluding hydrogens is 186 g/mol. The van der Waals surface area contributed by atoms with E-state index in [1.54, 1.807) is 0 Å². The van der Waals surface area contributed by atoms with Gasteiger partial charge >= 0.3 is 0 Å². The minimum absolute atomic E-state index is 0. The maximum atomic E-state index is 11.1. The van der Waals surface area contributed by atoms with Crippen LogP contribution in [0.5, 0.6) is 0 Å². The summed E-state index contributed by atoms with van der Waals surface area (Å²) in [5, 5.41) is 2.89. The topological polar surface area (TPSA) is 29.1 Å². The van der Waals surface area contributed by atoms with E-state index in [2.05, 4.69) is 11.4 Å². The SMILES string of the molecule is Cc1cccc2c1NC(=O)CC2.Cl. The highest BCUT2D eigenvalue weighted by Gasteiger charge is 2.15. The molecule has 70 valence electrons. The Morgan fingerprint density at radius 2 is 2.08 bits per heavy atom. The quantitative estimate of drug-likeness (QED) is 0.680. The van der Waals surface area contributed by atoms with Gasteiger partial charge < -0.3 is 5.32 Å². The summed E-state index contributed by atoms with van der Waals surface area (Å²) in [6.45, 7) is 2.02. The van der Waals surface area contributed by atoms with Gasteiger partial charge in [0.05, 0.1) is 0 Å². The molecule has 0 atom stereocenters. The van der Waals surface area contributed by atoms with E-state index in [4.69, 9.17) is 0 Å². The van der Waals surface area contributed by atoms with Gasteiger partial charge in [0.15, 0.2) is 0 Å². The highest BCUT2D eigenvalue weighted by molar-refractivity contribution is 5.94. The summed E-state index contributed by atoms with van der Waals surface area (Å²) >= 11 is 0. The first-order valence-corrected chi connectivity index (χ1v) is 4.16. The Labute approximate surface area is 83.7 Å². The molecule has 0 unspecified atom stereocenters. The van der Waals surface area contributed by atoms with Gasteiger partial charge in [0.1, 0.15) is 0 Å². The molecule has 1 heterocycles. The molecule has 1 N–H and O–H groups in total. The van der Waals surface area contributed by atoms with Crippen molar-refractivity contribution in [2.75, 3.05) is 5.32 Å². The number of halogens is 1. The summed E-state index contributed by atoms with van der Waals surface area (Å²) in [7, 11) is 0. The van der Waals surface area contributed by atoms with E-state index in [1.165, 1.54) is 5.56 Å². The number of benzene rings is 1. The molecule has 0 saturated carbocycles. The minimum Gasteiger partial charge on any atom is -0.326 e. The minimum atomic E-state index is 0. The smallest absolute Gasteiger partial charge is 0.224 e. The molecule has 0 radical (unpaired) electrons. The number of anilines is 1. The largest absolute Gasteiger partial charge is 0.326 e. The van der Waals surface area contributed by atoms with E-state index >= 15 is 0 Å². The van der Waals surface area contributed by atoms with Gasteiger partial charge in [-0.2, -0.15) is 0 Å². The fraction of sp³-hybridized carbons (Fsp3) is 0.300. The average molecular weight is 198 g/mol. The Hall–Kier alpha value is -1.02. The first-order valence-electron chi connectivity index (χ1n) is 4.16. The summed E-state index contributed by atoms with van der Waals surface area (Å²) in [6, 6.07) is 6.12. The Balaban J connectivity index is 0.000000845. The van der Waals surface area contributed by atoms with Gasteiger partial charge in [-0.25, -0.2) is 0 Å². The van der Waals surface area contributed by atoms with Crippen LogP contribution in [-0.4, -0.2) is 5.91 Å². The van der Waals surface area contributed by atoms with E-state index in [0.29, 0.717) is 6.42 Å². The molecule has 1 amide bonds. The number of aryl methyl sites for hydroxylation is 2. The first kappa shape index (κ1) is 10.1. The van der Waals surface area contributed by atoms with Crippen LogP contribution in [0.15, 0.2) is 18.2 Å². The van der Waals surface area contributed by atoms with Crippen molar-refractivity contribution in [1.29, 1.82) is 0 Å². The van der Waals surface area contributed by atoms with E-state index in [1.807, 2.05) is 19.1 Å². The lowest BCUT2D eigenvalue weighted by Crippen LogP contribution is -2.19. The Morgan fingerprint density at radius 3 is 2.85 bits per heavy atom. The summed E-state index contributed by atoms with van der Waals surface area (Å²) in [6.07, 6.45) is 1.50. The molecule has 1 aliphatic heterocycles. The van der Waals surface area contributed by atoms with Crippen molar-refractivity contribution in [2.24, 2.45) is 0 Å². The van der Waals surface area contributed by atoms with Crippen molar-refractivity contribution >= 4 is 24.0 Å². The van der Waals surface area contributed by atoms with Crippen LogP contribution in [0, 0.1) is 6.92 Å². The van der Waals surface area contributed by atoms with Crippen molar-refractivity contribution in [3.63, 3.8) is 0 Å². The molecule has 0 fully saturated rings. The summed E-state index contributed by atoms with van der Waals surface area (Å²) < 4.78 is 0. The van der Waals surface area contributed by atoms with Gasteiger partial charge in [-0.3, -0.25) is 4.79 Å². The van der Waals surface area contributed by atoms with Crippen LogP contribution < -0.4 is 5.32 Å². The number of para-hydroxylation sites is 1. The normalized spacial score (nSPS) is 14.1. The maximum Gasteiger partial charge on any atom is 0.224 e. The van der Waals surface area contributed by atoms with Gasteiger partial charge in [-0.15, -0.1) is 12.4 Å². The fourth-order valence-electron chi connectivity index (χ4n) is 1.57. The number of nitrogens with one attached hydrogen (secondary N) is 1. The number of hydrogen-bond acceptors (Lipinski definition) is 1. The molecule has 1 aromatic rings. The maximum absolute atomic E-state index is 11.1. The lowest BCUT2D eigenvalue weighted by atomic mass is 10.00. The molecule has 0 saturated heterocycles. The average Bonchev–Trinajstić information content (AvgIpc) is 2.07. The molecule has 0 aromatic heterocycles. The van der Waals surface area contributed by atoms with Crippen LogP contribution in [0.4, 0.5) is 5.69 Å².